The minimum absolute atomic E-state index is 0.249. The van der Waals surface area contributed by atoms with Crippen LogP contribution in [0.1, 0.15) is 17.4 Å². The van der Waals surface area contributed by atoms with Crippen LogP contribution in [0.3, 0.4) is 0 Å². The lowest BCUT2D eigenvalue weighted by Gasteiger charge is -2.11. The van der Waals surface area contributed by atoms with Crippen LogP contribution in [0.15, 0.2) is 30.3 Å². The Morgan fingerprint density at radius 2 is 1.94 bits per heavy atom. The van der Waals surface area contributed by atoms with Crippen molar-refractivity contribution in [3.8, 4) is 0 Å². The highest BCUT2D eigenvalue weighted by Gasteiger charge is 2.16. The lowest BCUT2D eigenvalue weighted by Crippen LogP contribution is -2.17. The zero-order valence-electron chi connectivity index (χ0n) is 9.38. The molecule has 0 spiro atoms. The predicted octanol–water partition coefficient (Wildman–Crippen LogP) is 0.905. The van der Waals surface area contributed by atoms with Crippen molar-refractivity contribution < 1.29 is 0 Å². The molecule has 2 aromatic rings. The first-order valence-corrected chi connectivity index (χ1v) is 5.11. The van der Waals surface area contributed by atoms with Crippen LogP contribution in [0.4, 0.5) is 5.95 Å². The van der Waals surface area contributed by atoms with Crippen LogP contribution < -0.4 is 11.1 Å². The zero-order chi connectivity index (χ0) is 11.5. The molecule has 0 bridgehead atoms. The lowest BCUT2D eigenvalue weighted by atomic mass is 10.1. The molecule has 1 atom stereocenters. The second-order valence-corrected chi connectivity index (χ2v) is 3.58. The molecule has 5 nitrogen and oxygen atoms in total. The Hall–Kier alpha value is -1.88. The summed E-state index contributed by atoms with van der Waals surface area (Å²) in [4.78, 5) is 0. The molecule has 0 aliphatic heterocycles. The summed E-state index contributed by atoms with van der Waals surface area (Å²) < 4.78 is 1.86. The van der Waals surface area contributed by atoms with E-state index in [9.17, 15) is 0 Å². The van der Waals surface area contributed by atoms with Crippen LogP contribution >= 0.6 is 0 Å². The van der Waals surface area contributed by atoms with Crippen molar-refractivity contribution in [2.75, 3.05) is 12.4 Å². The first-order chi connectivity index (χ1) is 7.74. The van der Waals surface area contributed by atoms with Gasteiger partial charge in [0.1, 0.15) is 0 Å². The van der Waals surface area contributed by atoms with E-state index in [1.54, 1.807) is 0 Å². The Bertz CT molecular complexity index is 462. The molecule has 0 amide bonds. The fourth-order valence-electron chi connectivity index (χ4n) is 1.64. The molecule has 1 heterocycles. The van der Waals surface area contributed by atoms with E-state index in [1.807, 2.05) is 49.0 Å². The van der Waals surface area contributed by atoms with E-state index in [4.69, 9.17) is 5.73 Å². The van der Waals surface area contributed by atoms with Gasteiger partial charge in [-0.2, -0.15) is 0 Å². The second-order valence-electron chi connectivity index (χ2n) is 3.58. The zero-order valence-corrected chi connectivity index (χ0v) is 9.38. The van der Waals surface area contributed by atoms with Crippen molar-refractivity contribution in [1.82, 2.24) is 14.8 Å². The Kier molecular flexibility index (Phi) is 2.87. The molecule has 2 rings (SSSR count). The van der Waals surface area contributed by atoms with Gasteiger partial charge >= 0.3 is 0 Å². The molecule has 16 heavy (non-hydrogen) atoms. The minimum Gasteiger partial charge on any atom is -0.357 e. The van der Waals surface area contributed by atoms with Gasteiger partial charge in [-0.15, -0.1) is 10.2 Å². The summed E-state index contributed by atoms with van der Waals surface area (Å²) >= 11 is 0. The molecule has 1 aromatic carbocycles. The lowest BCUT2D eigenvalue weighted by molar-refractivity contribution is 0.717. The van der Waals surface area contributed by atoms with Crippen LogP contribution in [0.2, 0.25) is 0 Å². The molecule has 0 saturated heterocycles. The van der Waals surface area contributed by atoms with Gasteiger partial charge in [-0.05, 0) is 5.56 Å². The van der Waals surface area contributed by atoms with Crippen molar-refractivity contribution in [3.63, 3.8) is 0 Å². The van der Waals surface area contributed by atoms with Gasteiger partial charge < -0.3 is 11.1 Å². The van der Waals surface area contributed by atoms with E-state index < -0.39 is 0 Å². The van der Waals surface area contributed by atoms with Crippen LogP contribution in [-0.2, 0) is 7.05 Å². The molecule has 0 fully saturated rings. The molecule has 5 heteroatoms. The summed E-state index contributed by atoms with van der Waals surface area (Å²) in [6.07, 6.45) is 0. The number of aromatic nitrogens is 3. The Morgan fingerprint density at radius 3 is 2.50 bits per heavy atom. The predicted molar refractivity (Wildman–Crippen MR) is 63.0 cm³/mol. The summed E-state index contributed by atoms with van der Waals surface area (Å²) in [5.74, 6) is 1.46. The van der Waals surface area contributed by atoms with Crippen molar-refractivity contribution in [1.29, 1.82) is 0 Å². The van der Waals surface area contributed by atoms with Crippen molar-refractivity contribution in [3.05, 3.63) is 41.7 Å². The number of nitrogens with one attached hydrogen (secondary N) is 1. The molecule has 0 aliphatic rings. The van der Waals surface area contributed by atoms with Gasteiger partial charge in [0.2, 0.25) is 5.95 Å². The quantitative estimate of drug-likeness (QED) is 0.801. The number of anilines is 1. The smallest absolute Gasteiger partial charge is 0.224 e. The molecule has 0 radical (unpaired) electrons. The Balaban J connectivity index is 2.34. The average Bonchev–Trinajstić information content (AvgIpc) is 2.70. The largest absolute Gasteiger partial charge is 0.357 e. The highest BCUT2D eigenvalue weighted by molar-refractivity contribution is 5.29. The van der Waals surface area contributed by atoms with E-state index >= 15 is 0 Å². The molecular weight excluding hydrogens is 202 g/mol. The average molecular weight is 217 g/mol. The van der Waals surface area contributed by atoms with Gasteiger partial charge in [0, 0.05) is 14.1 Å². The molecule has 0 aliphatic carbocycles. The minimum atomic E-state index is -0.249. The molecule has 0 saturated carbocycles. The number of hydrogen-bond acceptors (Lipinski definition) is 4. The molecule has 3 N–H and O–H groups in total. The van der Waals surface area contributed by atoms with Gasteiger partial charge in [0.15, 0.2) is 5.82 Å². The van der Waals surface area contributed by atoms with E-state index in [0.717, 1.165) is 11.4 Å². The van der Waals surface area contributed by atoms with Gasteiger partial charge in [-0.1, -0.05) is 30.3 Å². The topological polar surface area (TPSA) is 68.8 Å². The Morgan fingerprint density at radius 1 is 1.25 bits per heavy atom. The molecule has 1 aromatic heterocycles. The van der Waals surface area contributed by atoms with E-state index in [1.165, 1.54) is 0 Å². The number of nitrogens with zero attached hydrogens (tertiary/aromatic N) is 3. The number of hydrogen-bond donors (Lipinski definition) is 2. The third-order valence-electron chi connectivity index (χ3n) is 2.57. The summed E-state index contributed by atoms with van der Waals surface area (Å²) in [7, 11) is 3.70. The number of rotatable bonds is 3. The van der Waals surface area contributed by atoms with Crippen LogP contribution in [0.25, 0.3) is 0 Å². The monoisotopic (exact) mass is 217 g/mol. The van der Waals surface area contributed by atoms with E-state index in [2.05, 4.69) is 15.5 Å². The van der Waals surface area contributed by atoms with Gasteiger partial charge in [0.05, 0.1) is 6.04 Å². The summed E-state index contributed by atoms with van der Waals surface area (Å²) in [5, 5.41) is 11.0. The number of benzene rings is 1. The molecular formula is C11H15N5. The van der Waals surface area contributed by atoms with Crippen LogP contribution in [0, 0.1) is 0 Å². The summed E-state index contributed by atoms with van der Waals surface area (Å²) in [6.45, 7) is 0. The maximum absolute atomic E-state index is 6.13. The SMILES string of the molecule is CNc1nnc([C@@H](N)c2ccccc2)n1C. The van der Waals surface area contributed by atoms with Gasteiger partial charge in [-0.25, -0.2) is 0 Å². The fraction of sp³-hybridized carbons (Fsp3) is 0.273. The molecule has 84 valence electrons. The molecule has 0 unspecified atom stereocenters. The summed E-state index contributed by atoms with van der Waals surface area (Å²) in [6, 6.07) is 9.61. The third-order valence-corrected chi connectivity index (χ3v) is 2.57. The van der Waals surface area contributed by atoms with Crippen molar-refractivity contribution in [2.24, 2.45) is 12.8 Å². The highest BCUT2D eigenvalue weighted by atomic mass is 15.3. The van der Waals surface area contributed by atoms with E-state index in [0.29, 0.717) is 5.95 Å². The van der Waals surface area contributed by atoms with Gasteiger partial charge in [-0.3, -0.25) is 4.57 Å². The maximum atomic E-state index is 6.13. The Labute approximate surface area is 94.3 Å². The van der Waals surface area contributed by atoms with Crippen molar-refractivity contribution >= 4 is 5.95 Å². The second kappa shape index (κ2) is 4.32. The standard InChI is InChI=1S/C11H15N5/c1-13-11-15-14-10(16(11)2)9(12)8-6-4-3-5-7-8/h3-7,9H,12H2,1-2H3,(H,13,15)/t9-/m0/s1. The maximum Gasteiger partial charge on any atom is 0.224 e. The summed E-state index contributed by atoms with van der Waals surface area (Å²) in [5.41, 5.74) is 7.16. The van der Waals surface area contributed by atoms with Crippen molar-refractivity contribution in [2.45, 2.75) is 6.04 Å². The fourth-order valence-corrected chi connectivity index (χ4v) is 1.64. The first kappa shape index (κ1) is 10.6. The van der Waals surface area contributed by atoms with E-state index in [-0.39, 0.29) is 6.04 Å². The normalized spacial score (nSPS) is 12.4. The van der Waals surface area contributed by atoms with Crippen LogP contribution in [-0.4, -0.2) is 21.8 Å². The third kappa shape index (κ3) is 1.77. The van der Waals surface area contributed by atoms with Gasteiger partial charge in [0.25, 0.3) is 0 Å². The van der Waals surface area contributed by atoms with Crippen LogP contribution in [0.5, 0.6) is 0 Å². The number of nitrogens with two attached hydrogens (primary N) is 1. The first-order valence-electron chi connectivity index (χ1n) is 5.11. The highest BCUT2D eigenvalue weighted by Crippen LogP contribution is 2.18.